The Hall–Kier alpha value is -0.960. The molecule has 0 saturated heterocycles. The zero-order valence-corrected chi connectivity index (χ0v) is 15.8. The van der Waals surface area contributed by atoms with Crippen LogP contribution in [-0.4, -0.2) is 22.6 Å². The number of thioether (sulfide) groups is 1. The molecule has 1 aromatic carbocycles. The molecule has 1 aliphatic heterocycles. The lowest BCUT2D eigenvalue weighted by Crippen LogP contribution is -2.14. The molecular weight excluding hydrogens is 316 g/mol. The highest BCUT2D eigenvalue weighted by molar-refractivity contribution is 7.99. The molecule has 2 rings (SSSR count). The van der Waals surface area contributed by atoms with Gasteiger partial charge < -0.3 is 5.11 Å². The van der Waals surface area contributed by atoms with Gasteiger partial charge in [0, 0.05) is 11.5 Å². The summed E-state index contributed by atoms with van der Waals surface area (Å²) in [7, 11) is 0. The minimum absolute atomic E-state index is 0.338. The summed E-state index contributed by atoms with van der Waals surface area (Å²) in [4.78, 5) is 11.6. The fourth-order valence-corrected chi connectivity index (χ4v) is 5.00. The number of fused-ring (bicyclic) bond motifs is 1. The molecule has 2 nitrogen and oxygen atoms in total. The Morgan fingerprint density at radius 2 is 1.62 bits per heavy atom. The van der Waals surface area contributed by atoms with E-state index in [4.69, 9.17) is 0 Å². The standard InChI is InChI=1S/C21H32O2S/c1-2-3-4-5-6-7-8-9-12-17-15-24-16-20(21(22)23)19-14-11-10-13-18(17)19/h10-11,13-14,17,20H,2-9,12,15-16H2,1H3,(H,22,23). The van der Waals surface area contributed by atoms with E-state index in [2.05, 4.69) is 19.1 Å². The molecule has 24 heavy (non-hydrogen) atoms. The largest absolute Gasteiger partial charge is 0.481 e. The van der Waals surface area contributed by atoms with Crippen LogP contribution in [0, 0.1) is 0 Å². The molecule has 0 aliphatic carbocycles. The van der Waals surface area contributed by atoms with Gasteiger partial charge in [-0.05, 0) is 23.5 Å². The van der Waals surface area contributed by atoms with Gasteiger partial charge in [0.15, 0.2) is 0 Å². The zero-order valence-electron chi connectivity index (χ0n) is 15.0. The highest BCUT2D eigenvalue weighted by Crippen LogP contribution is 2.38. The molecule has 0 fully saturated rings. The van der Waals surface area contributed by atoms with E-state index >= 15 is 0 Å². The SMILES string of the molecule is CCCCCCCCCCC1CSCC(C(=O)O)c2ccccc21. The maximum Gasteiger partial charge on any atom is 0.311 e. The van der Waals surface area contributed by atoms with Gasteiger partial charge >= 0.3 is 5.97 Å². The van der Waals surface area contributed by atoms with Gasteiger partial charge in [-0.15, -0.1) is 0 Å². The summed E-state index contributed by atoms with van der Waals surface area (Å²) < 4.78 is 0. The third-order valence-corrected chi connectivity index (χ3v) is 6.33. The lowest BCUT2D eigenvalue weighted by atomic mass is 9.86. The molecule has 0 bridgehead atoms. The summed E-state index contributed by atoms with van der Waals surface area (Å²) in [6.07, 6.45) is 12.0. The summed E-state index contributed by atoms with van der Waals surface area (Å²) in [6, 6.07) is 8.24. The Morgan fingerprint density at radius 3 is 2.29 bits per heavy atom. The number of hydrogen-bond donors (Lipinski definition) is 1. The van der Waals surface area contributed by atoms with Crippen LogP contribution >= 0.6 is 11.8 Å². The molecule has 0 amide bonds. The van der Waals surface area contributed by atoms with Crippen molar-refractivity contribution in [1.29, 1.82) is 0 Å². The average Bonchev–Trinajstić information content (AvgIpc) is 2.77. The lowest BCUT2D eigenvalue weighted by molar-refractivity contribution is -0.138. The van der Waals surface area contributed by atoms with Crippen LogP contribution in [0.15, 0.2) is 24.3 Å². The number of rotatable bonds is 10. The van der Waals surface area contributed by atoms with Crippen LogP contribution in [0.2, 0.25) is 0 Å². The molecule has 1 heterocycles. The average molecular weight is 349 g/mol. The maximum absolute atomic E-state index is 11.6. The molecule has 0 radical (unpaired) electrons. The molecule has 134 valence electrons. The summed E-state index contributed by atoms with van der Waals surface area (Å²) in [6.45, 7) is 2.26. The van der Waals surface area contributed by atoms with Crippen molar-refractivity contribution in [2.75, 3.05) is 11.5 Å². The molecule has 3 heteroatoms. The maximum atomic E-state index is 11.6. The van der Waals surface area contributed by atoms with Crippen molar-refractivity contribution in [3.63, 3.8) is 0 Å². The van der Waals surface area contributed by atoms with Gasteiger partial charge in [-0.3, -0.25) is 4.79 Å². The van der Waals surface area contributed by atoms with Gasteiger partial charge in [0.2, 0.25) is 0 Å². The molecular formula is C21H32O2S. The fourth-order valence-electron chi connectivity index (χ4n) is 3.68. The number of carboxylic acid groups (broad SMARTS) is 1. The fraction of sp³-hybridized carbons (Fsp3) is 0.667. The van der Waals surface area contributed by atoms with Crippen molar-refractivity contribution >= 4 is 17.7 Å². The second-order valence-electron chi connectivity index (χ2n) is 7.02. The van der Waals surface area contributed by atoms with Crippen molar-refractivity contribution in [1.82, 2.24) is 0 Å². The number of benzene rings is 1. The van der Waals surface area contributed by atoms with E-state index in [0.29, 0.717) is 11.7 Å². The van der Waals surface area contributed by atoms with Crippen molar-refractivity contribution < 1.29 is 9.90 Å². The van der Waals surface area contributed by atoms with Gasteiger partial charge in [-0.2, -0.15) is 11.8 Å². The number of carboxylic acids is 1. The third kappa shape index (κ3) is 5.84. The van der Waals surface area contributed by atoms with E-state index in [1.807, 2.05) is 23.9 Å². The van der Waals surface area contributed by atoms with Crippen molar-refractivity contribution in [2.45, 2.75) is 76.5 Å². The van der Waals surface area contributed by atoms with Gasteiger partial charge in [0.1, 0.15) is 0 Å². The summed E-state index contributed by atoms with van der Waals surface area (Å²) in [5.74, 6) is 1.28. The zero-order chi connectivity index (χ0) is 17.2. The van der Waals surface area contributed by atoms with Crippen LogP contribution in [0.25, 0.3) is 0 Å². The topological polar surface area (TPSA) is 37.3 Å². The molecule has 1 aliphatic rings. The van der Waals surface area contributed by atoms with Crippen LogP contribution in [0.1, 0.15) is 87.7 Å². The van der Waals surface area contributed by atoms with E-state index < -0.39 is 5.97 Å². The van der Waals surface area contributed by atoms with Crippen molar-refractivity contribution in [3.05, 3.63) is 35.4 Å². The summed E-state index contributed by atoms with van der Waals surface area (Å²) in [5, 5.41) is 9.52. The molecule has 2 unspecified atom stereocenters. The Bertz CT molecular complexity index is 500. The highest BCUT2D eigenvalue weighted by Gasteiger charge is 2.28. The van der Waals surface area contributed by atoms with E-state index in [1.165, 1.54) is 63.4 Å². The minimum Gasteiger partial charge on any atom is -0.481 e. The second kappa shape index (κ2) is 10.8. The number of unbranched alkanes of at least 4 members (excludes halogenated alkanes) is 7. The Labute approximate surface area is 151 Å². The lowest BCUT2D eigenvalue weighted by Gasteiger charge is -2.18. The smallest absolute Gasteiger partial charge is 0.311 e. The quantitative estimate of drug-likeness (QED) is 0.510. The Balaban J connectivity index is 1.82. The Morgan fingerprint density at radius 1 is 1.00 bits per heavy atom. The van der Waals surface area contributed by atoms with Crippen molar-refractivity contribution in [3.8, 4) is 0 Å². The molecule has 1 N–H and O–H groups in total. The number of hydrogen-bond acceptors (Lipinski definition) is 2. The second-order valence-corrected chi connectivity index (χ2v) is 8.09. The molecule has 0 aromatic heterocycles. The van der Waals surface area contributed by atoms with Gasteiger partial charge in [-0.25, -0.2) is 0 Å². The van der Waals surface area contributed by atoms with Gasteiger partial charge in [0.25, 0.3) is 0 Å². The molecule has 2 atom stereocenters. The third-order valence-electron chi connectivity index (χ3n) is 5.12. The number of carbonyl (C=O) groups is 1. The van der Waals surface area contributed by atoms with Gasteiger partial charge in [-0.1, -0.05) is 82.6 Å². The predicted molar refractivity (Wildman–Crippen MR) is 104 cm³/mol. The van der Waals surface area contributed by atoms with Crippen LogP contribution in [0.4, 0.5) is 0 Å². The molecule has 0 saturated carbocycles. The first kappa shape index (κ1) is 19.4. The van der Waals surface area contributed by atoms with Crippen LogP contribution < -0.4 is 0 Å². The Kier molecular flexibility index (Phi) is 8.72. The number of aliphatic carboxylic acids is 1. The van der Waals surface area contributed by atoms with E-state index in [9.17, 15) is 9.90 Å². The summed E-state index contributed by atoms with van der Waals surface area (Å²) in [5.41, 5.74) is 2.34. The minimum atomic E-state index is -0.678. The first-order valence-corrected chi connectivity index (χ1v) is 10.8. The first-order valence-electron chi connectivity index (χ1n) is 9.63. The van der Waals surface area contributed by atoms with Gasteiger partial charge in [0.05, 0.1) is 5.92 Å². The highest BCUT2D eigenvalue weighted by atomic mass is 32.2. The van der Waals surface area contributed by atoms with Crippen LogP contribution in [0.3, 0.4) is 0 Å². The van der Waals surface area contributed by atoms with Crippen LogP contribution in [0.5, 0.6) is 0 Å². The van der Waals surface area contributed by atoms with E-state index in [1.54, 1.807) is 0 Å². The van der Waals surface area contributed by atoms with Crippen LogP contribution in [-0.2, 0) is 4.79 Å². The molecule has 0 spiro atoms. The summed E-state index contributed by atoms with van der Waals surface area (Å²) >= 11 is 1.81. The first-order chi connectivity index (χ1) is 11.7. The van der Waals surface area contributed by atoms with E-state index in [0.717, 1.165) is 11.3 Å². The monoisotopic (exact) mass is 348 g/mol. The normalized spacial score (nSPS) is 20.4. The molecule has 1 aromatic rings. The van der Waals surface area contributed by atoms with Crippen molar-refractivity contribution in [2.24, 2.45) is 0 Å². The van der Waals surface area contributed by atoms with E-state index in [-0.39, 0.29) is 5.92 Å². The predicted octanol–water partition coefficient (Wildman–Crippen LogP) is 6.22.